The van der Waals surface area contributed by atoms with Gasteiger partial charge in [0.05, 0.1) is 0 Å². The molecule has 0 aromatic heterocycles. The zero-order chi connectivity index (χ0) is 12.1. The Morgan fingerprint density at radius 1 is 1.50 bits per heavy atom. The second-order valence-electron chi connectivity index (χ2n) is 3.40. The van der Waals surface area contributed by atoms with Crippen LogP contribution in [0.1, 0.15) is 6.92 Å². The number of urea groups is 1. The van der Waals surface area contributed by atoms with E-state index in [0.717, 1.165) is 5.75 Å². The molecule has 1 rings (SSSR count). The van der Waals surface area contributed by atoms with Gasteiger partial charge in [0.25, 0.3) is 0 Å². The quantitative estimate of drug-likeness (QED) is 0.826. The molecule has 0 fully saturated rings. The molecule has 2 amide bonds. The van der Waals surface area contributed by atoms with Crippen molar-refractivity contribution in [1.29, 1.82) is 0 Å². The van der Waals surface area contributed by atoms with Crippen molar-refractivity contribution in [3.63, 3.8) is 0 Å². The summed E-state index contributed by atoms with van der Waals surface area (Å²) in [6.07, 6.45) is 0. The molecule has 0 spiro atoms. The predicted octanol–water partition coefficient (Wildman–Crippen LogP) is 3.03. The van der Waals surface area contributed by atoms with Gasteiger partial charge in [0.1, 0.15) is 5.82 Å². The zero-order valence-corrected chi connectivity index (χ0v) is 10.4. The van der Waals surface area contributed by atoms with Crippen LogP contribution in [0.2, 0.25) is 0 Å². The molecular weight excluding hydrogens is 227 g/mol. The number of rotatable bonds is 3. The second-order valence-corrected chi connectivity index (χ2v) is 4.71. The molecule has 5 heteroatoms. The number of carbonyl (C=O) groups excluding carboxylic acids is 1. The molecule has 0 aliphatic carbocycles. The molecule has 3 nitrogen and oxygen atoms in total. The lowest BCUT2D eigenvalue weighted by atomic mass is 10.3. The van der Waals surface area contributed by atoms with Crippen LogP contribution in [-0.4, -0.2) is 30.8 Å². The molecule has 0 radical (unpaired) electrons. The molecule has 88 valence electrons. The highest BCUT2D eigenvalue weighted by atomic mass is 32.2. The smallest absolute Gasteiger partial charge is 0.321 e. The van der Waals surface area contributed by atoms with Crippen LogP contribution >= 0.6 is 11.8 Å². The lowest BCUT2D eigenvalue weighted by Gasteiger charge is -2.12. The highest BCUT2D eigenvalue weighted by Crippen LogP contribution is 2.24. The molecule has 0 atom stereocenters. The Balaban J connectivity index is 2.77. The van der Waals surface area contributed by atoms with Crippen molar-refractivity contribution in [2.75, 3.05) is 25.2 Å². The average Bonchev–Trinajstić information content (AvgIpc) is 2.22. The van der Waals surface area contributed by atoms with E-state index in [1.54, 1.807) is 26.2 Å². The summed E-state index contributed by atoms with van der Waals surface area (Å²) in [6.45, 7) is 1.96. The minimum absolute atomic E-state index is 0.268. The van der Waals surface area contributed by atoms with Crippen LogP contribution in [0.4, 0.5) is 14.9 Å². The van der Waals surface area contributed by atoms with Gasteiger partial charge in [-0.2, -0.15) is 0 Å². The summed E-state index contributed by atoms with van der Waals surface area (Å²) in [6, 6.07) is 4.44. The van der Waals surface area contributed by atoms with Gasteiger partial charge in [-0.25, -0.2) is 9.18 Å². The predicted molar refractivity (Wildman–Crippen MR) is 65.5 cm³/mol. The molecule has 1 N–H and O–H groups in total. The fourth-order valence-electron chi connectivity index (χ4n) is 1.09. The Morgan fingerprint density at radius 2 is 2.19 bits per heavy atom. The van der Waals surface area contributed by atoms with Crippen LogP contribution in [0, 0.1) is 5.82 Å². The Hall–Kier alpha value is -1.23. The number of anilines is 1. The molecule has 0 unspecified atom stereocenters. The first-order chi connectivity index (χ1) is 7.54. The van der Waals surface area contributed by atoms with Gasteiger partial charge < -0.3 is 10.2 Å². The van der Waals surface area contributed by atoms with Crippen molar-refractivity contribution in [1.82, 2.24) is 4.90 Å². The molecule has 0 saturated heterocycles. The van der Waals surface area contributed by atoms with Crippen LogP contribution in [0.3, 0.4) is 0 Å². The minimum atomic E-state index is -0.302. The van der Waals surface area contributed by atoms with Gasteiger partial charge in [-0.3, -0.25) is 0 Å². The van der Waals surface area contributed by atoms with Crippen molar-refractivity contribution in [3.05, 3.63) is 24.0 Å². The summed E-state index contributed by atoms with van der Waals surface area (Å²) >= 11 is 1.44. The topological polar surface area (TPSA) is 32.3 Å². The van der Waals surface area contributed by atoms with Crippen LogP contribution in [0.5, 0.6) is 0 Å². The van der Waals surface area contributed by atoms with Crippen LogP contribution < -0.4 is 5.32 Å². The Bertz CT molecular complexity index is 382. The lowest BCUT2D eigenvalue weighted by molar-refractivity contribution is 0.230. The van der Waals surface area contributed by atoms with E-state index in [1.165, 1.54) is 22.7 Å². The number of carbonyl (C=O) groups is 1. The Labute approximate surface area is 99.0 Å². The second kappa shape index (κ2) is 5.75. The maximum Gasteiger partial charge on any atom is 0.321 e. The van der Waals surface area contributed by atoms with Gasteiger partial charge in [-0.15, -0.1) is 11.8 Å². The van der Waals surface area contributed by atoms with Crippen LogP contribution in [0.25, 0.3) is 0 Å². The first-order valence-electron chi connectivity index (χ1n) is 4.95. The molecule has 0 saturated carbocycles. The van der Waals surface area contributed by atoms with Crippen molar-refractivity contribution in [2.45, 2.75) is 11.8 Å². The summed E-state index contributed by atoms with van der Waals surface area (Å²) in [5.41, 5.74) is 0.469. The molecule has 0 aliphatic heterocycles. The minimum Gasteiger partial charge on any atom is -0.331 e. The summed E-state index contributed by atoms with van der Waals surface area (Å²) < 4.78 is 13.5. The van der Waals surface area contributed by atoms with Crippen molar-refractivity contribution in [3.8, 4) is 0 Å². The van der Waals surface area contributed by atoms with Crippen molar-refractivity contribution in [2.24, 2.45) is 0 Å². The molecule has 0 aliphatic rings. The molecule has 0 heterocycles. The Morgan fingerprint density at radius 3 is 2.69 bits per heavy atom. The third-order valence-electron chi connectivity index (χ3n) is 1.89. The Kier molecular flexibility index (Phi) is 4.61. The lowest BCUT2D eigenvalue weighted by Crippen LogP contribution is -2.27. The maximum absolute atomic E-state index is 13.5. The highest BCUT2D eigenvalue weighted by molar-refractivity contribution is 7.99. The van der Waals surface area contributed by atoms with E-state index < -0.39 is 0 Å². The number of amides is 2. The molecule has 1 aromatic carbocycles. The molecular formula is C11H15FN2OS. The SMILES string of the molecule is CCSc1ccc(NC(=O)N(C)C)cc1F. The van der Waals surface area contributed by atoms with E-state index in [9.17, 15) is 9.18 Å². The fraction of sp³-hybridized carbons (Fsp3) is 0.364. The average molecular weight is 242 g/mol. The molecule has 0 bridgehead atoms. The normalized spacial score (nSPS) is 10.0. The standard InChI is InChI=1S/C11H15FN2OS/c1-4-16-10-6-5-8(7-9(10)12)13-11(15)14(2)3/h5-7H,4H2,1-3H3,(H,13,15). The fourth-order valence-corrected chi connectivity index (χ4v) is 1.76. The van der Waals surface area contributed by atoms with E-state index in [2.05, 4.69) is 5.32 Å². The molecule has 1 aromatic rings. The number of nitrogens with one attached hydrogen (secondary N) is 1. The van der Waals surface area contributed by atoms with Crippen molar-refractivity contribution < 1.29 is 9.18 Å². The number of halogens is 1. The van der Waals surface area contributed by atoms with Crippen LogP contribution in [-0.2, 0) is 0 Å². The molecule has 16 heavy (non-hydrogen) atoms. The maximum atomic E-state index is 13.5. The summed E-state index contributed by atoms with van der Waals surface area (Å²) in [4.78, 5) is 13.3. The summed E-state index contributed by atoms with van der Waals surface area (Å²) in [7, 11) is 3.26. The van der Waals surface area contributed by atoms with Gasteiger partial charge in [0, 0.05) is 24.7 Å². The largest absolute Gasteiger partial charge is 0.331 e. The number of hydrogen-bond donors (Lipinski definition) is 1. The van der Waals surface area contributed by atoms with Gasteiger partial charge >= 0.3 is 6.03 Å². The van der Waals surface area contributed by atoms with Crippen LogP contribution in [0.15, 0.2) is 23.1 Å². The van der Waals surface area contributed by atoms with Gasteiger partial charge in [-0.1, -0.05) is 6.92 Å². The number of hydrogen-bond acceptors (Lipinski definition) is 2. The number of nitrogens with zero attached hydrogens (tertiary/aromatic N) is 1. The highest BCUT2D eigenvalue weighted by Gasteiger charge is 2.07. The third kappa shape index (κ3) is 3.41. The summed E-state index contributed by atoms with van der Waals surface area (Å²) in [5, 5.41) is 2.59. The van der Waals surface area contributed by atoms with E-state index in [0.29, 0.717) is 10.6 Å². The van der Waals surface area contributed by atoms with E-state index in [1.807, 2.05) is 6.92 Å². The van der Waals surface area contributed by atoms with E-state index in [-0.39, 0.29) is 11.8 Å². The first-order valence-corrected chi connectivity index (χ1v) is 5.93. The third-order valence-corrected chi connectivity index (χ3v) is 2.82. The monoisotopic (exact) mass is 242 g/mol. The number of thioether (sulfide) groups is 1. The van der Waals surface area contributed by atoms with Gasteiger partial charge in [0.2, 0.25) is 0 Å². The van der Waals surface area contributed by atoms with Gasteiger partial charge in [-0.05, 0) is 24.0 Å². The summed E-state index contributed by atoms with van der Waals surface area (Å²) in [5.74, 6) is 0.517. The number of benzene rings is 1. The zero-order valence-electron chi connectivity index (χ0n) is 9.58. The van der Waals surface area contributed by atoms with E-state index >= 15 is 0 Å². The van der Waals surface area contributed by atoms with E-state index in [4.69, 9.17) is 0 Å². The van der Waals surface area contributed by atoms with Crippen molar-refractivity contribution >= 4 is 23.5 Å². The first kappa shape index (κ1) is 12.8. The van der Waals surface area contributed by atoms with Gasteiger partial charge in [0.15, 0.2) is 0 Å².